The van der Waals surface area contributed by atoms with E-state index in [0.717, 1.165) is 55.6 Å². The first-order chi connectivity index (χ1) is 15.7. The molecular weight excluding hydrogens is 404 g/mol. The molecule has 0 atom stereocenters. The second kappa shape index (κ2) is 8.98. The summed E-state index contributed by atoms with van der Waals surface area (Å²) in [6, 6.07) is 9.42. The standard InChI is InChI=1S/C24H28N6O2/c25-16-14-20-23(27-11-10-26-20)21(15-16)32-18-8-6-17(7-9-18)28-24(31)19-4-3-5-22(29-19)30-12-1-2-13-30/h3-5,10-11,14-15,17-18H,1-2,6-9,12-13,25H2,(H,28,31). The van der Waals surface area contributed by atoms with Crippen LogP contribution in [-0.2, 0) is 0 Å². The van der Waals surface area contributed by atoms with Gasteiger partial charge in [-0.25, -0.2) is 9.97 Å². The van der Waals surface area contributed by atoms with Gasteiger partial charge in [0.1, 0.15) is 22.8 Å². The topological polar surface area (TPSA) is 106 Å². The Balaban J connectivity index is 1.18. The van der Waals surface area contributed by atoms with E-state index in [2.05, 4.69) is 25.2 Å². The fraction of sp³-hybridized carbons (Fsp3) is 0.417. The molecule has 3 N–H and O–H groups in total. The second-order valence-electron chi connectivity index (χ2n) is 8.58. The van der Waals surface area contributed by atoms with E-state index in [9.17, 15) is 4.79 Å². The number of fused-ring (bicyclic) bond motifs is 1. The summed E-state index contributed by atoms with van der Waals surface area (Å²) in [7, 11) is 0. The van der Waals surface area contributed by atoms with Gasteiger partial charge >= 0.3 is 0 Å². The van der Waals surface area contributed by atoms with Crippen LogP contribution in [0, 0.1) is 0 Å². The molecule has 1 aromatic carbocycles. The van der Waals surface area contributed by atoms with Crippen molar-refractivity contribution in [2.24, 2.45) is 0 Å². The van der Waals surface area contributed by atoms with Crippen LogP contribution in [0.3, 0.4) is 0 Å². The van der Waals surface area contributed by atoms with E-state index in [-0.39, 0.29) is 18.1 Å². The van der Waals surface area contributed by atoms with Gasteiger partial charge in [-0.1, -0.05) is 6.07 Å². The van der Waals surface area contributed by atoms with Crippen molar-refractivity contribution in [2.45, 2.75) is 50.7 Å². The first kappa shape index (κ1) is 20.5. The Kier molecular flexibility index (Phi) is 5.75. The van der Waals surface area contributed by atoms with E-state index in [1.54, 1.807) is 24.5 Å². The van der Waals surface area contributed by atoms with Crippen molar-refractivity contribution < 1.29 is 9.53 Å². The Hall–Kier alpha value is -3.42. The van der Waals surface area contributed by atoms with Crippen molar-refractivity contribution in [3.05, 3.63) is 48.4 Å². The van der Waals surface area contributed by atoms with Gasteiger partial charge in [0.15, 0.2) is 0 Å². The van der Waals surface area contributed by atoms with Crippen LogP contribution in [0.25, 0.3) is 11.0 Å². The summed E-state index contributed by atoms with van der Waals surface area (Å²) < 4.78 is 6.25. The molecule has 0 radical (unpaired) electrons. The van der Waals surface area contributed by atoms with Gasteiger partial charge in [0.05, 0.1) is 11.6 Å². The van der Waals surface area contributed by atoms with Crippen LogP contribution in [0.2, 0.25) is 0 Å². The number of ether oxygens (including phenoxy) is 1. The summed E-state index contributed by atoms with van der Waals surface area (Å²) in [4.78, 5) is 28.3. The number of aromatic nitrogens is 3. The zero-order chi connectivity index (χ0) is 21.9. The highest BCUT2D eigenvalue weighted by molar-refractivity contribution is 5.92. The van der Waals surface area contributed by atoms with Crippen molar-refractivity contribution in [1.29, 1.82) is 0 Å². The number of nitrogens with two attached hydrogens (primary N) is 1. The van der Waals surface area contributed by atoms with Crippen molar-refractivity contribution >= 4 is 28.4 Å². The van der Waals surface area contributed by atoms with Crippen LogP contribution >= 0.6 is 0 Å². The van der Waals surface area contributed by atoms with E-state index in [1.165, 1.54) is 12.8 Å². The lowest BCUT2D eigenvalue weighted by Crippen LogP contribution is -2.40. The Morgan fingerprint density at radius 3 is 2.66 bits per heavy atom. The number of nitrogen functional groups attached to an aromatic ring is 1. The van der Waals surface area contributed by atoms with E-state index in [1.807, 2.05) is 18.2 Å². The smallest absolute Gasteiger partial charge is 0.270 e. The van der Waals surface area contributed by atoms with Gasteiger partial charge in [-0.15, -0.1) is 0 Å². The molecule has 166 valence electrons. The quantitative estimate of drug-likeness (QED) is 0.596. The van der Waals surface area contributed by atoms with Crippen molar-refractivity contribution in [1.82, 2.24) is 20.3 Å². The summed E-state index contributed by atoms with van der Waals surface area (Å²) in [5, 5.41) is 3.16. The molecule has 1 amide bonds. The van der Waals surface area contributed by atoms with Crippen LogP contribution < -0.4 is 20.7 Å². The average molecular weight is 433 g/mol. The van der Waals surface area contributed by atoms with E-state index in [4.69, 9.17) is 10.5 Å². The molecule has 1 aliphatic heterocycles. The number of amides is 1. The Morgan fingerprint density at radius 2 is 1.84 bits per heavy atom. The molecule has 32 heavy (non-hydrogen) atoms. The van der Waals surface area contributed by atoms with Crippen molar-refractivity contribution in [3.63, 3.8) is 0 Å². The van der Waals surface area contributed by atoms with E-state index >= 15 is 0 Å². The fourth-order valence-corrected chi connectivity index (χ4v) is 4.59. The molecule has 0 spiro atoms. The predicted octanol–water partition coefficient (Wildman–Crippen LogP) is 3.33. The van der Waals surface area contributed by atoms with Crippen LogP contribution in [0.15, 0.2) is 42.7 Å². The zero-order valence-electron chi connectivity index (χ0n) is 18.0. The van der Waals surface area contributed by atoms with Crippen LogP contribution in [0.5, 0.6) is 5.75 Å². The SMILES string of the molecule is Nc1cc(OC2CCC(NC(=O)c3cccc(N4CCCC4)n3)CC2)c2nccnc2c1. The number of rotatable bonds is 5. The molecule has 0 bridgehead atoms. The lowest BCUT2D eigenvalue weighted by molar-refractivity contribution is 0.0890. The second-order valence-corrected chi connectivity index (χ2v) is 8.58. The van der Waals surface area contributed by atoms with Gasteiger partial charge in [-0.3, -0.25) is 9.78 Å². The van der Waals surface area contributed by atoms with Gasteiger partial charge in [-0.05, 0) is 56.7 Å². The highest BCUT2D eigenvalue weighted by atomic mass is 16.5. The number of nitrogens with zero attached hydrogens (tertiary/aromatic N) is 4. The molecule has 2 aromatic heterocycles. The van der Waals surface area contributed by atoms with Crippen LogP contribution in [0.4, 0.5) is 11.5 Å². The number of carbonyl (C=O) groups excluding carboxylic acids is 1. The lowest BCUT2D eigenvalue weighted by atomic mass is 9.92. The Bertz CT molecular complexity index is 1110. The van der Waals surface area contributed by atoms with E-state index in [0.29, 0.717) is 17.1 Å². The van der Waals surface area contributed by atoms with Gasteiger partial charge in [0.2, 0.25) is 0 Å². The molecular formula is C24H28N6O2. The molecule has 3 heterocycles. The van der Waals surface area contributed by atoms with Gasteiger partial charge in [-0.2, -0.15) is 0 Å². The molecule has 1 saturated heterocycles. The number of hydrogen-bond donors (Lipinski definition) is 2. The summed E-state index contributed by atoms with van der Waals surface area (Å²) in [6.45, 7) is 2.02. The maximum Gasteiger partial charge on any atom is 0.270 e. The maximum absolute atomic E-state index is 12.8. The van der Waals surface area contributed by atoms with Gasteiger partial charge < -0.3 is 20.7 Å². The normalized spacial score (nSPS) is 20.9. The first-order valence-corrected chi connectivity index (χ1v) is 11.4. The molecule has 3 aromatic rings. The third-order valence-corrected chi connectivity index (χ3v) is 6.26. The molecule has 5 rings (SSSR count). The van der Waals surface area contributed by atoms with Crippen molar-refractivity contribution in [2.75, 3.05) is 23.7 Å². The fourth-order valence-electron chi connectivity index (χ4n) is 4.59. The summed E-state index contributed by atoms with van der Waals surface area (Å²) in [6.07, 6.45) is 9.14. The minimum atomic E-state index is -0.104. The lowest BCUT2D eigenvalue weighted by Gasteiger charge is -2.29. The summed E-state index contributed by atoms with van der Waals surface area (Å²) in [5.74, 6) is 1.46. The maximum atomic E-state index is 12.8. The zero-order valence-corrected chi connectivity index (χ0v) is 18.0. The monoisotopic (exact) mass is 432 g/mol. The highest BCUT2D eigenvalue weighted by Crippen LogP contribution is 2.30. The number of benzene rings is 1. The Morgan fingerprint density at radius 1 is 1.06 bits per heavy atom. The molecule has 2 fully saturated rings. The number of nitrogens with one attached hydrogen (secondary N) is 1. The third-order valence-electron chi connectivity index (χ3n) is 6.26. The molecule has 0 unspecified atom stereocenters. The largest absolute Gasteiger partial charge is 0.488 e. The number of anilines is 2. The average Bonchev–Trinajstić information content (AvgIpc) is 3.35. The number of hydrogen-bond acceptors (Lipinski definition) is 7. The molecule has 1 saturated carbocycles. The predicted molar refractivity (Wildman–Crippen MR) is 124 cm³/mol. The van der Waals surface area contributed by atoms with E-state index < -0.39 is 0 Å². The molecule has 8 nitrogen and oxygen atoms in total. The number of carbonyl (C=O) groups is 1. The number of pyridine rings is 1. The summed E-state index contributed by atoms with van der Waals surface area (Å²) in [5.41, 5.74) is 8.55. The molecule has 8 heteroatoms. The van der Waals surface area contributed by atoms with Gasteiger partial charge in [0, 0.05) is 43.3 Å². The Labute approximate surface area is 187 Å². The minimum Gasteiger partial charge on any atom is -0.488 e. The van der Waals surface area contributed by atoms with Crippen molar-refractivity contribution in [3.8, 4) is 5.75 Å². The third kappa shape index (κ3) is 4.44. The van der Waals surface area contributed by atoms with Crippen LogP contribution in [-0.4, -0.2) is 46.1 Å². The summed E-state index contributed by atoms with van der Waals surface area (Å²) >= 11 is 0. The minimum absolute atomic E-state index is 0.0618. The first-order valence-electron chi connectivity index (χ1n) is 11.4. The molecule has 2 aliphatic rings. The van der Waals surface area contributed by atoms with Crippen LogP contribution in [0.1, 0.15) is 49.0 Å². The molecule has 1 aliphatic carbocycles. The highest BCUT2D eigenvalue weighted by Gasteiger charge is 2.25. The van der Waals surface area contributed by atoms with Gasteiger partial charge in [0.25, 0.3) is 5.91 Å².